The van der Waals surface area contributed by atoms with Crippen LogP contribution in [0.25, 0.3) is 0 Å². The molecule has 0 amide bonds. The summed E-state index contributed by atoms with van der Waals surface area (Å²) in [6.07, 6.45) is 4.12. The molecule has 1 fully saturated rings. The summed E-state index contributed by atoms with van der Waals surface area (Å²) in [6, 6.07) is 0. The van der Waals surface area contributed by atoms with Crippen molar-refractivity contribution in [3.05, 3.63) is 0 Å². The minimum atomic E-state index is -3.26. The van der Waals surface area contributed by atoms with Crippen LogP contribution in [-0.2, 0) is 14.3 Å². The van der Waals surface area contributed by atoms with Gasteiger partial charge in [-0.2, -0.15) is 8.42 Å². The van der Waals surface area contributed by atoms with Gasteiger partial charge in [-0.1, -0.05) is 26.7 Å². The molecule has 4 heteroatoms. The Bertz CT molecular complexity index is 258. The average molecular weight is 206 g/mol. The molecule has 78 valence electrons. The second-order valence-electron chi connectivity index (χ2n) is 3.81. The standard InChI is InChI=1S/C9H18O3S/c1-4-7-6-9(8(7)5-2)12-13(3,10)11/h7-9H,4-6H2,1-3H3/t7-,8+,9-/m0/s1. The molecule has 1 aliphatic rings. The molecule has 1 saturated carbocycles. The van der Waals surface area contributed by atoms with Gasteiger partial charge in [0.1, 0.15) is 0 Å². The smallest absolute Gasteiger partial charge is 0.264 e. The molecule has 0 N–H and O–H groups in total. The molecule has 1 aliphatic carbocycles. The van der Waals surface area contributed by atoms with Crippen LogP contribution < -0.4 is 0 Å². The van der Waals surface area contributed by atoms with Gasteiger partial charge in [0.15, 0.2) is 0 Å². The molecule has 3 atom stereocenters. The van der Waals surface area contributed by atoms with Crippen molar-refractivity contribution in [2.75, 3.05) is 6.26 Å². The third-order valence-corrected chi connectivity index (χ3v) is 3.51. The van der Waals surface area contributed by atoms with Crippen LogP contribution >= 0.6 is 0 Å². The van der Waals surface area contributed by atoms with Crippen molar-refractivity contribution in [3.8, 4) is 0 Å². The molecular weight excluding hydrogens is 188 g/mol. The van der Waals surface area contributed by atoms with E-state index in [2.05, 4.69) is 13.8 Å². The van der Waals surface area contributed by atoms with Gasteiger partial charge < -0.3 is 0 Å². The van der Waals surface area contributed by atoms with Crippen molar-refractivity contribution in [1.29, 1.82) is 0 Å². The molecule has 0 radical (unpaired) electrons. The first-order chi connectivity index (χ1) is 5.98. The molecule has 0 aliphatic heterocycles. The van der Waals surface area contributed by atoms with Gasteiger partial charge in [-0.15, -0.1) is 0 Å². The monoisotopic (exact) mass is 206 g/mol. The van der Waals surface area contributed by atoms with Crippen LogP contribution in [0.15, 0.2) is 0 Å². The zero-order chi connectivity index (χ0) is 10.1. The molecule has 3 nitrogen and oxygen atoms in total. The summed E-state index contributed by atoms with van der Waals surface area (Å²) < 4.78 is 26.7. The Labute approximate surface area is 80.6 Å². The Morgan fingerprint density at radius 1 is 1.31 bits per heavy atom. The summed E-state index contributed by atoms with van der Waals surface area (Å²) in [5.74, 6) is 1.11. The van der Waals surface area contributed by atoms with E-state index >= 15 is 0 Å². The van der Waals surface area contributed by atoms with E-state index in [-0.39, 0.29) is 6.10 Å². The van der Waals surface area contributed by atoms with Crippen LogP contribution in [0.5, 0.6) is 0 Å². The topological polar surface area (TPSA) is 43.4 Å². The lowest BCUT2D eigenvalue weighted by Gasteiger charge is -2.42. The van der Waals surface area contributed by atoms with E-state index in [0.717, 1.165) is 25.5 Å². The van der Waals surface area contributed by atoms with E-state index in [1.54, 1.807) is 0 Å². The highest BCUT2D eigenvalue weighted by Crippen LogP contribution is 2.41. The van der Waals surface area contributed by atoms with Gasteiger partial charge in [-0.05, 0) is 18.3 Å². The molecule has 0 spiro atoms. The molecular formula is C9H18O3S. The summed E-state index contributed by atoms with van der Waals surface area (Å²) in [4.78, 5) is 0. The second-order valence-corrected chi connectivity index (χ2v) is 5.42. The molecule has 1 rings (SSSR count). The summed E-state index contributed by atoms with van der Waals surface area (Å²) in [5.41, 5.74) is 0. The predicted molar refractivity (Wildman–Crippen MR) is 51.9 cm³/mol. The van der Waals surface area contributed by atoms with Gasteiger partial charge in [0.25, 0.3) is 10.1 Å². The van der Waals surface area contributed by atoms with Crippen molar-refractivity contribution >= 4 is 10.1 Å². The maximum Gasteiger partial charge on any atom is 0.264 e. The predicted octanol–water partition coefficient (Wildman–Crippen LogP) is 1.79. The molecule has 0 aromatic rings. The SMILES string of the molecule is CC[C@H]1C[C@H](OS(C)(=O)=O)[C@@H]1CC. The Hall–Kier alpha value is -0.0900. The molecule has 0 bridgehead atoms. The quantitative estimate of drug-likeness (QED) is 0.659. The summed E-state index contributed by atoms with van der Waals surface area (Å²) in [6.45, 7) is 4.23. The maximum atomic E-state index is 10.9. The van der Waals surface area contributed by atoms with Gasteiger partial charge in [0.2, 0.25) is 0 Å². The van der Waals surface area contributed by atoms with Crippen molar-refractivity contribution in [3.63, 3.8) is 0 Å². The Morgan fingerprint density at radius 2 is 1.92 bits per heavy atom. The van der Waals surface area contributed by atoms with Crippen molar-refractivity contribution < 1.29 is 12.6 Å². The zero-order valence-corrected chi connectivity index (χ0v) is 9.30. The molecule has 0 heterocycles. The minimum absolute atomic E-state index is 0.0510. The van der Waals surface area contributed by atoms with Crippen LogP contribution in [0.1, 0.15) is 33.1 Å². The third kappa shape index (κ3) is 2.68. The molecule has 0 saturated heterocycles. The van der Waals surface area contributed by atoms with Crippen LogP contribution in [0.3, 0.4) is 0 Å². The van der Waals surface area contributed by atoms with E-state index in [0.29, 0.717) is 11.8 Å². The van der Waals surface area contributed by atoms with Crippen LogP contribution in [0.2, 0.25) is 0 Å². The fraction of sp³-hybridized carbons (Fsp3) is 1.00. The molecule has 0 unspecified atom stereocenters. The molecule has 0 aromatic heterocycles. The Morgan fingerprint density at radius 3 is 2.31 bits per heavy atom. The first-order valence-electron chi connectivity index (χ1n) is 4.86. The summed E-state index contributed by atoms with van der Waals surface area (Å²) >= 11 is 0. The van der Waals surface area contributed by atoms with E-state index < -0.39 is 10.1 Å². The highest BCUT2D eigenvalue weighted by atomic mass is 32.2. The number of rotatable bonds is 4. The van der Waals surface area contributed by atoms with Gasteiger partial charge >= 0.3 is 0 Å². The van der Waals surface area contributed by atoms with Crippen molar-refractivity contribution in [1.82, 2.24) is 0 Å². The van der Waals surface area contributed by atoms with Crippen LogP contribution in [-0.4, -0.2) is 20.8 Å². The second kappa shape index (κ2) is 3.96. The van der Waals surface area contributed by atoms with Gasteiger partial charge in [-0.3, -0.25) is 4.18 Å². The lowest BCUT2D eigenvalue weighted by Crippen LogP contribution is -2.43. The van der Waals surface area contributed by atoms with Gasteiger partial charge in [0, 0.05) is 0 Å². The zero-order valence-electron chi connectivity index (χ0n) is 8.49. The normalized spacial score (nSPS) is 34.2. The highest BCUT2D eigenvalue weighted by molar-refractivity contribution is 7.86. The number of hydrogen-bond donors (Lipinski definition) is 0. The largest absolute Gasteiger partial charge is 0.267 e. The third-order valence-electron chi connectivity index (χ3n) is 2.91. The minimum Gasteiger partial charge on any atom is -0.267 e. The highest BCUT2D eigenvalue weighted by Gasteiger charge is 2.41. The number of hydrogen-bond acceptors (Lipinski definition) is 3. The van der Waals surface area contributed by atoms with E-state index in [1.165, 1.54) is 0 Å². The first kappa shape index (κ1) is 11.0. The average Bonchev–Trinajstić information content (AvgIpc) is 1.96. The Kier molecular flexibility index (Phi) is 3.35. The fourth-order valence-electron chi connectivity index (χ4n) is 2.16. The van der Waals surface area contributed by atoms with Gasteiger partial charge in [-0.25, -0.2) is 0 Å². The molecule has 13 heavy (non-hydrogen) atoms. The summed E-state index contributed by atoms with van der Waals surface area (Å²) in [7, 11) is -3.26. The van der Waals surface area contributed by atoms with Crippen LogP contribution in [0, 0.1) is 11.8 Å². The molecule has 0 aromatic carbocycles. The lowest BCUT2D eigenvalue weighted by molar-refractivity contribution is -0.0128. The van der Waals surface area contributed by atoms with Crippen molar-refractivity contribution in [2.24, 2.45) is 11.8 Å². The fourth-order valence-corrected chi connectivity index (χ4v) is 2.83. The van der Waals surface area contributed by atoms with E-state index in [1.807, 2.05) is 0 Å². The Balaban J connectivity index is 2.48. The lowest BCUT2D eigenvalue weighted by atomic mass is 9.68. The van der Waals surface area contributed by atoms with Gasteiger partial charge in [0.05, 0.1) is 12.4 Å². The first-order valence-corrected chi connectivity index (χ1v) is 6.67. The van der Waals surface area contributed by atoms with Crippen LogP contribution in [0.4, 0.5) is 0 Å². The van der Waals surface area contributed by atoms with E-state index in [4.69, 9.17) is 4.18 Å². The maximum absolute atomic E-state index is 10.9. The van der Waals surface area contributed by atoms with Crippen molar-refractivity contribution in [2.45, 2.75) is 39.2 Å². The van der Waals surface area contributed by atoms with E-state index in [9.17, 15) is 8.42 Å². The summed E-state index contributed by atoms with van der Waals surface area (Å²) in [5, 5.41) is 0.